The molecule has 0 radical (unpaired) electrons. The van der Waals surface area contributed by atoms with Gasteiger partial charge in [-0.15, -0.1) is 0 Å². The Bertz CT molecular complexity index is 2110. The lowest BCUT2D eigenvalue weighted by Gasteiger charge is -2.21. The number of thiazole rings is 1. The molecule has 0 spiro atoms. The van der Waals surface area contributed by atoms with Gasteiger partial charge in [-0.25, -0.2) is 4.98 Å². The van der Waals surface area contributed by atoms with Gasteiger partial charge in [-0.3, -0.25) is 13.8 Å². The topological polar surface area (TPSA) is 39.3 Å². The Morgan fingerprint density at radius 2 is 1.47 bits per heavy atom. The summed E-state index contributed by atoms with van der Waals surface area (Å²) in [6, 6.07) is 31.4. The average molecular weight is 484 g/mol. The summed E-state index contributed by atoms with van der Waals surface area (Å²) in [7, 11) is 0. The molecule has 1 aliphatic carbocycles. The van der Waals surface area contributed by atoms with Crippen LogP contribution in [0.1, 0.15) is 25.0 Å². The van der Waals surface area contributed by atoms with E-state index < -0.39 is 0 Å². The number of para-hydroxylation sites is 2. The fraction of sp³-hybridized carbons (Fsp3) is 0.0968. The summed E-state index contributed by atoms with van der Waals surface area (Å²) >= 11 is 1.55. The van der Waals surface area contributed by atoms with Crippen molar-refractivity contribution in [1.82, 2.24) is 14.0 Å². The Morgan fingerprint density at radius 1 is 0.722 bits per heavy atom. The maximum atomic E-state index is 13.4. The predicted molar refractivity (Wildman–Crippen MR) is 149 cm³/mol. The smallest absolute Gasteiger partial charge is 0.261 e. The van der Waals surface area contributed by atoms with Crippen LogP contribution in [0.2, 0.25) is 0 Å². The van der Waals surface area contributed by atoms with Gasteiger partial charge in [0.05, 0.1) is 21.3 Å². The minimum absolute atomic E-state index is 0.0627. The molecule has 0 amide bonds. The van der Waals surface area contributed by atoms with E-state index in [-0.39, 0.29) is 11.0 Å². The van der Waals surface area contributed by atoms with E-state index in [9.17, 15) is 4.79 Å². The molecule has 4 nitrogen and oxygen atoms in total. The monoisotopic (exact) mass is 483 g/mol. The zero-order valence-electron chi connectivity index (χ0n) is 19.8. The van der Waals surface area contributed by atoms with Crippen molar-refractivity contribution < 1.29 is 0 Å². The summed E-state index contributed by atoms with van der Waals surface area (Å²) in [5, 5.41) is 2.34. The molecule has 7 aromatic rings. The number of nitrogens with zero attached hydrogens (tertiary/aromatic N) is 3. The first-order valence-corrected chi connectivity index (χ1v) is 12.9. The summed E-state index contributed by atoms with van der Waals surface area (Å²) in [4.78, 5) is 19.1. The molecule has 3 aromatic heterocycles. The van der Waals surface area contributed by atoms with Gasteiger partial charge in [-0.1, -0.05) is 79.8 Å². The number of hydrogen-bond donors (Lipinski definition) is 0. The largest absolute Gasteiger partial charge is 0.294 e. The van der Waals surface area contributed by atoms with Crippen molar-refractivity contribution in [1.29, 1.82) is 0 Å². The second-order valence-corrected chi connectivity index (χ2v) is 11.1. The SMILES string of the molecule is CC1(C)c2ccccc2-c2cc3c4ccccc4n(-c4cc(=O)n5c(n4)sc4ccccc45)c3cc21. The Balaban J connectivity index is 1.50. The molecule has 0 aliphatic heterocycles. The number of rotatable bonds is 1. The first kappa shape index (κ1) is 20.0. The van der Waals surface area contributed by atoms with Crippen LogP contribution < -0.4 is 5.56 Å². The van der Waals surface area contributed by atoms with Gasteiger partial charge in [0.2, 0.25) is 0 Å². The molecule has 0 saturated heterocycles. The lowest BCUT2D eigenvalue weighted by molar-refractivity contribution is 0.661. The number of hydrogen-bond acceptors (Lipinski definition) is 3. The average Bonchev–Trinajstić information content (AvgIpc) is 3.50. The van der Waals surface area contributed by atoms with E-state index in [4.69, 9.17) is 4.98 Å². The van der Waals surface area contributed by atoms with Crippen LogP contribution >= 0.6 is 11.3 Å². The van der Waals surface area contributed by atoms with Crippen molar-refractivity contribution in [3.05, 3.63) is 112 Å². The maximum absolute atomic E-state index is 13.4. The van der Waals surface area contributed by atoms with Crippen LogP contribution in [-0.4, -0.2) is 14.0 Å². The Hall–Kier alpha value is -4.22. The normalized spacial score (nSPS) is 14.2. The molecule has 0 saturated carbocycles. The third-order valence-corrected chi connectivity index (χ3v) is 8.81. The van der Waals surface area contributed by atoms with E-state index in [0.29, 0.717) is 10.8 Å². The van der Waals surface area contributed by atoms with Gasteiger partial charge < -0.3 is 0 Å². The fourth-order valence-electron chi connectivity index (χ4n) is 6.09. The molecule has 0 fully saturated rings. The van der Waals surface area contributed by atoms with Crippen molar-refractivity contribution >= 4 is 48.3 Å². The quantitative estimate of drug-likeness (QED) is 0.246. The molecular formula is C31H21N3OS. The lowest BCUT2D eigenvalue weighted by Crippen LogP contribution is -2.16. The van der Waals surface area contributed by atoms with Crippen LogP contribution in [0.5, 0.6) is 0 Å². The summed E-state index contributed by atoms with van der Waals surface area (Å²) in [6.45, 7) is 4.59. The Kier molecular flexibility index (Phi) is 3.73. The number of aromatic nitrogens is 3. The molecule has 0 bridgehead atoms. The van der Waals surface area contributed by atoms with E-state index in [1.807, 2.05) is 24.3 Å². The summed E-state index contributed by atoms with van der Waals surface area (Å²) in [5.74, 6) is 0.658. The highest BCUT2D eigenvalue weighted by Gasteiger charge is 2.36. The van der Waals surface area contributed by atoms with Crippen LogP contribution in [0.3, 0.4) is 0 Å². The molecule has 5 heteroatoms. The van der Waals surface area contributed by atoms with E-state index in [1.165, 1.54) is 27.6 Å². The van der Waals surface area contributed by atoms with Gasteiger partial charge in [-0.2, -0.15) is 0 Å². The van der Waals surface area contributed by atoms with Crippen molar-refractivity contribution in [2.75, 3.05) is 0 Å². The van der Waals surface area contributed by atoms with Crippen LogP contribution in [0.15, 0.2) is 95.8 Å². The van der Waals surface area contributed by atoms with E-state index in [0.717, 1.165) is 26.6 Å². The van der Waals surface area contributed by atoms with Gasteiger partial charge >= 0.3 is 0 Å². The van der Waals surface area contributed by atoms with E-state index >= 15 is 0 Å². The minimum Gasteiger partial charge on any atom is -0.294 e. The van der Waals surface area contributed by atoms with Gasteiger partial charge in [0, 0.05) is 22.3 Å². The molecular weight excluding hydrogens is 462 g/mol. The summed E-state index contributed by atoms with van der Waals surface area (Å²) < 4.78 is 4.93. The zero-order valence-corrected chi connectivity index (χ0v) is 20.6. The molecule has 4 aromatic carbocycles. The maximum Gasteiger partial charge on any atom is 0.261 e. The molecule has 3 heterocycles. The number of benzene rings is 4. The standard InChI is InChI=1S/C31H21N3OS/c1-31(2)22-11-5-3-9-18(22)20-15-21-19-10-4-6-12-24(19)33(26(21)16-23(20)31)28-17-29(35)34-25-13-7-8-14-27(25)36-30(34)32-28/h3-17H,1-2H3. The van der Waals surface area contributed by atoms with Crippen LogP contribution in [0.4, 0.5) is 0 Å². The zero-order chi connectivity index (χ0) is 24.2. The Morgan fingerprint density at radius 3 is 2.36 bits per heavy atom. The highest BCUT2D eigenvalue weighted by atomic mass is 32.1. The van der Waals surface area contributed by atoms with E-state index in [1.54, 1.807) is 21.8 Å². The van der Waals surface area contributed by atoms with Crippen LogP contribution in [-0.2, 0) is 5.41 Å². The first-order chi connectivity index (χ1) is 17.5. The fourth-order valence-corrected chi connectivity index (χ4v) is 7.12. The third-order valence-electron chi connectivity index (χ3n) is 7.79. The minimum atomic E-state index is -0.107. The second-order valence-electron chi connectivity index (χ2n) is 10.1. The molecule has 0 N–H and O–H groups in total. The molecule has 1 aliphatic rings. The molecule has 0 atom stereocenters. The number of fused-ring (bicyclic) bond motifs is 9. The highest BCUT2D eigenvalue weighted by molar-refractivity contribution is 7.23. The molecule has 172 valence electrons. The van der Waals surface area contributed by atoms with Crippen molar-refractivity contribution in [3.8, 4) is 16.9 Å². The molecule has 36 heavy (non-hydrogen) atoms. The predicted octanol–water partition coefficient (Wildman–Crippen LogP) is 7.31. The highest BCUT2D eigenvalue weighted by Crippen LogP contribution is 2.50. The van der Waals surface area contributed by atoms with Gasteiger partial charge in [-0.05, 0) is 52.6 Å². The van der Waals surface area contributed by atoms with Gasteiger partial charge in [0.1, 0.15) is 5.82 Å². The summed E-state index contributed by atoms with van der Waals surface area (Å²) in [5.41, 5.74) is 8.12. The van der Waals surface area contributed by atoms with Crippen LogP contribution in [0, 0.1) is 0 Å². The summed E-state index contributed by atoms with van der Waals surface area (Å²) in [6.07, 6.45) is 0. The van der Waals surface area contributed by atoms with Crippen molar-refractivity contribution in [2.45, 2.75) is 19.3 Å². The van der Waals surface area contributed by atoms with Gasteiger partial charge in [0.15, 0.2) is 4.96 Å². The van der Waals surface area contributed by atoms with Crippen molar-refractivity contribution in [2.24, 2.45) is 0 Å². The first-order valence-electron chi connectivity index (χ1n) is 12.1. The van der Waals surface area contributed by atoms with Crippen molar-refractivity contribution in [3.63, 3.8) is 0 Å². The van der Waals surface area contributed by atoms with Gasteiger partial charge in [0.25, 0.3) is 5.56 Å². The second kappa shape index (κ2) is 6.71. The Labute approximate surface area is 210 Å². The molecule has 8 rings (SSSR count). The van der Waals surface area contributed by atoms with Crippen LogP contribution in [0.25, 0.3) is 53.9 Å². The van der Waals surface area contributed by atoms with E-state index in [2.05, 4.69) is 79.1 Å². The molecule has 0 unspecified atom stereocenters. The third kappa shape index (κ3) is 2.43. The lowest BCUT2D eigenvalue weighted by atomic mass is 9.82.